The number of hydrogen-bond donors (Lipinski definition) is 1. The van der Waals surface area contributed by atoms with Crippen molar-refractivity contribution in [2.45, 2.75) is 52.5 Å². The van der Waals surface area contributed by atoms with Crippen LogP contribution in [0.4, 0.5) is 0 Å². The van der Waals surface area contributed by atoms with E-state index in [1.54, 1.807) is 29.2 Å². The largest absolute Gasteiger partial charge is 0.507 e. The lowest BCUT2D eigenvalue weighted by Gasteiger charge is -2.25. The molecule has 0 saturated carbocycles. The summed E-state index contributed by atoms with van der Waals surface area (Å²) in [5.41, 5.74) is 2.63. The summed E-state index contributed by atoms with van der Waals surface area (Å²) in [5, 5.41) is 11.1. The minimum atomic E-state index is -0.643. The number of benzene rings is 2. The Balaban J connectivity index is 2.05. The summed E-state index contributed by atoms with van der Waals surface area (Å²) < 4.78 is 5.60. The van der Waals surface area contributed by atoms with Crippen LogP contribution in [0.25, 0.3) is 5.76 Å². The van der Waals surface area contributed by atoms with Gasteiger partial charge in [-0.3, -0.25) is 9.59 Å². The Hall–Kier alpha value is -3.08. The molecule has 3 rings (SSSR count). The van der Waals surface area contributed by atoms with E-state index in [1.165, 1.54) is 5.56 Å². The van der Waals surface area contributed by atoms with E-state index in [0.717, 1.165) is 18.4 Å². The third kappa shape index (κ3) is 4.66. The van der Waals surface area contributed by atoms with E-state index < -0.39 is 17.7 Å². The lowest BCUT2D eigenvalue weighted by Crippen LogP contribution is -2.30. The summed E-state index contributed by atoms with van der Waals surface area (Å²) in [6.45, 7) is 9.29. The number of hydrogen-bond acceptors (Lipinski definition) is 4. The number of ether oxygens (including phenoxy) is 1. The van der Waals surface area contributed by atoms with E-state index in [2.05, 4.69) is 13.8 Å². The predicted molar refractivity (Wildman–Crippen MR) is 122 cm³/mol. The lowest BCUT2D eigenvalue weighted by atomic mass is 9.93. The van der Waals surface area contributed by atoms with Crippen LogP contribution < -0.4 is 4.74 Å². The van der Waals surface area contributed by atoms with E-state index >= 15 is 0 Å². The van der Waals surface area contributed by atoms with Crippen molar-refractivity contribution < 1.29 is 19.4 Å². The van der Waals surface area contributed by atoms with Gasteiger partial charge in [0.25, 0.3) is 11.7 Å². The molecule has 1 heterocycles. The highest BCUT2D eigenvalue weighted by atomic mass is 16.5. The first-order valence-electron chi connectivity index (χ1n) is 11.0. The Bertz CT molecular complexity index is 958. The molecule has 2 aromatic carbocycles. The minimum absolute atomic E-state index is 0.137. The summed E-state index contributed by atoms with van der Waals surface area (Å²) in [7, 11) is 0. The number of ketones is 1. The van der Waals surface area contributed by atoms with Gasteiger partial charge >= 0.3 is 0 Å². The van der Waals surface area contributed by atoms with Gasteiger partial charge in [0, 0.05) is 12.1 Å². The maximum atomic E-state index is 12.9. The van der Waals surface area contributed by atoms with E-state index in [9.17, 15) is 14.7 Å². The summed E-state index contributed by atoms with van der Waals surface area (Å²) in [5.74, 6) is -0.286. The molecule has 164 valence electrons. The highest BCUT2D eigenvalue weighted by molar-refractivity contribution is 6.46. The SMILES string of the molecule is CCCOc1ccc(/C(O)=C2/C(=O)C(=O)N(CCC)C2c2ccc(C(C)C)cc2)cc1. The van der Waals surface area contributed by atoms with E-state index in [-0.39, 0.29) is 11.3 Å². The van der Waals surface area contributed by atoms with Crippen molar-refractivity contribution >= 4 is 17.4 Å². The molecule has 1 N–H and O–H groups in total. The van der Waals surface area contributed by atoms with Gasteiger partial charge in [-0.05, 0) is 54.2 Å². The van der Waals surface area contributed by atoms with Crippen LogP contribution >= 0.6 is 0 Å². The van der Waals surface area contributed by atoms with Crippen LogP contribution in [-0.4, -0.2) is 34.8 Å². The molecule has 0 radical (unpaired) electrons. The molecule has 1 fully saturated rings. The Morgan fingerprint density at radius 3 is 2.19 bits per heavy atom. The third-order valence-corrected chi connectivity index (χ3v) is 5.52. The molecule has 0 aromatic heterocycles. The van der Waals surface area contributed by atoms with E-state index in [4.69, 9.17) is 4.74 Å². The van der Waals surface area contributed by atoms with Crippen molar-refractivity contribution in [2.24, 2.45) is 0 Å². The number of nitrogens with zero attached hydrogens (tertiary/aromatic N) is 1. The molecular weight excluding hydrogens is 390 g/mol. The smallest absolute Gasteiger partial charge is 0.295 e. The van der Waals surface area contributed by atoms with Crippen molar-refractivity contribution in [3.8, 4) is 5.75 Å². The lowest BCUT2D eigenvalue weighted by molar-refractivity contribution is -0.139. The normalized spacial score (nSPS) is 18.1. The fraction of sp³-hybridized carbons (Fsp3) is 0.385. The molecule has 5 nitrogen and oxygen atoms in total. The number of carbonyl (C=O) groups is 2. The van der Waals surface area contributed by atoms with Gasteiger partial charge in [0.1, 0.15) is 11.5 Å². The molecular formula is C26H31NO4. The number of carbonyl (C=O) groups excluding carboxylic acids is 2. The van der Waals surface area contributed by atoms with Crippen LogP contribution in [0.5, 0.6) is 5.75 Å². The third-order valence-electron chi connectivity index (χ3n) is 5.52. The molecule has 5 heteroatoms. The van der Waals surface area contributed by atoms with Crippen LogP contribution in [0.3, 0.4) is 0 Å². The Morgan fingerprint density at radius 2 is 1.65 bits per heavy atom. The summed E-state index contributed by atoms with van der Waals surface area (Å²) in [6, 6.07) is 14.3. The second-order valence-corrected chi connectivity index (χ2v) is 8.19. The average molecular weight is 422 g/mol. The fourth-order valence-corrected chi connectivity index (χ4v) is 3.85. The van der Waals surface area contributed by atoms with Gasteiger partial charge in [-0.1, -0.05) is 52.0 Å². The molecule has 1 unspecified atom stereocenters. The number of likely N-dealkylation sites (tertiary alicyclic amines) is 1. The standard InChI is InChI=1S/C26H31NO4/c1-5-15-27-23(19-9-7-18(8-10-19)17(3)4)22(25(29)26(27)30)24(28)20-11-13-21(14-12-20)31-16-6-2/h7-14,17,23,28H,5-6,15-16H2,1-4H3/b24-22-. The van der Waals surface area contributed by atoms with Crippen LogP contribution in [-0.2, 0) is 9.59 Å². The molecule has 2 aromatic rings. The van der Waals surface area contributed by atoms with Crippen molar-refractivity contribution in [1.82, 2.24) is 4.90 Å². The van der Waals surface area contributed by atoms with Crippen LogP contribution in [0.1, 0.15) is 69.2 Å². The van der Waals surface area contributed by atoms with Gasteiger partial charge < -0.3 is 14.7 Å². The van der Waals surface area contributed by atoms with Gasteiger partial charge in [0.05, 0.1) is 18.2 Å². The molecule has 1 amide bonds. The fourth-order valence-electron chi connectivity index (χ4n) is 3.85. The minimum Gasteiger partial charge on any atom is -0.507 e. The molecule has 31 heavy (non-hydrogen) atoms. The maximum Gasteiger partial charge on any atom is 0.295 e. The topological polar surface area (TPSA) is 66.8 Å². The van der Waals surface area contributed by atoms with Crippen LogP contribution in [0.15, 0.2) is 54.1 Å². The number of aliphatic hydroxyl groups is 1. The molecule has 1 aliphatic rings. The summed E-state index contributed by atoms with van der Waals surface area (Å²) >= 11 is 0. The van der Waals surface area contributed by atoms with Crippen molar-refractivity contribution in [2.75, 3.05) is 13.2 Å². The van der Waals surface area contributed by atoms with Crippen molar-refractivity contribution in [3.05, 3.63) is 70.8 Å². The Morgan fingerprint density at radius 1 is 1.00 bits per heavy atom. The Labute approximate surface area is 184 Å². The molecule has 0 aliphatic carbocycles. The molecule has 1 atom stereocenters. The summed E-state index contributed by atoms with van der Waals surface area (Å²) in [6.07, 6.45) is 1.62. The molecule has 0 bridgehead atoms. The van der Waals surface area contributed by atoms with Crippen LogP contribution in [0.2, 0.25) is 0 Å². The monoisotopic (exact) mass is 421 g/mol. The first-order chi connectivity index (χ1) is 14.9. The summed E-state index contributed by atoms with van der Waals surface area (Å²) in [4.78, 5) is 27.3. The number of rotatable bonds is 8. The number of amides is 1. The zero-order valence-electron chi connectivity index (χ0n) is 18.7. The molecule has 1 aliphatic heterocycles. The zero-order chi connectivity index (χ0) is 22.5. The Kier molecular flexibility index (Phi) is 7.16. The predicted octanol–water partition coefficient (Wildman–Crippen LogP) is 5.43. The zero-order valence-corrected chi connectivity index (χ0v) is 18.7. The number of aliphatic hydroxyl groups excluding tert-OH is 1. The van der Waals surface area contributed by atoms with E-state index in [1.807, 2.05) is 38.1 Å². The van der Waals surface area contributed by atoms with E-state index in [0.29, 0.717) is 30.4 Å². The highest BCUT2D eigenvalue weighted by Crippen LogP contribution is 2.39. The van der Waals surface area contributed by atoms with Crippen LogP contribution in [0, 0.1) is 0 Å². The quantitative estimate of drug-likeness (QED) is 0.351. The van der Waals surface area contributed by atoms with Crippen molar-refractivity contribution in [3.63, 3.8) is 0 Å². The number of Topliss-reactive ketones (excluding diaryl/α,β-unsaturated/α-hetero) is 1. The molecule has 0 spiro atoms. The first kappa shape index (κ1) is 22.6. The van der Waals surface area contributed by atoms with Gasteiger partial charge in [-0.25, -0.2) is 0 Å². The van der Waals surface area contributed by atoms with Gasteiger partial charge in [0.15, 0.2) is 0 Å². The maximum absolute atomic E-state index is 12.9. The second kappa shape index (κ2) is 9.82. The van der Waals surface area contributed by atoms with Crippen molar-refractivity contribution in [1.29, 1.82) is 0 Å². The second-order valence-electron chi connectivity index (χ2n) is 8.19. The molecule has 1 saturated heterocycles. The van der Waals surface area contributed by atoms with Gasteiger partial charge in [0.2, 0.25) is 0 Å². The first-order valence-corrected chi connectivity index (χ1v) is 11.0. The average Bonchev–Trinajstić information content (AvgIpc) is 3.03. The van der Waals surface area contributed by atoms with Gasteiger partial charge in [-0.2, -0.15) is 0 Å². The van der Waals surface area contributed by atoms with Gasteiger partial charge in [-0.15, -0.1) is 0 Å². The highest BCUT2D eigenvalue weighted by Gasteiger charge is 2.45.